The molecule has 0 aliphatic carbocycles. The SMILES string of the molecule is CC(C)(C)OC(=O)CCCCCCCCCCCCCOC(=O)Oc1ccc([N+](=O)[O-])cc1. The fraction of sp³-hybridized carbons (Fsp3) is 0.680. The molecular weight excluding hydrogens is 426 g/mol. The van der Waals surface area contributed by atoms with E-state index in [2.05, 4.69) is 0 Å². The van der Waals surface area contributed by atoms with E-state index in [1.807, 2.05) is 20.8 Å². The topological polar surface area (TPSA) is 105 Å². The van der Waals surface area contributed by atoms with Gasteiger partial charge in [0.05, 0.1) is 11.5 Å². The van der Waals surface area contributed by atoms with Gasteiger partial charge in [-0.2, -0.15) is 0 Å². The van der Waals surface area contributed by atoms with Crippen LogP contribution in [0.3, 0.4) is 0 Å². The van der Waals surface area contributed by atoms with E-state index in [4.69, 9.17) is 14.2 Å². The number of hydrogen-bond donors (Lipinski definition) is 0. The van der Waals surface area contributed by atoms with Crippen LogP contribution in [0, 0.1) is 10.1 Å². The third-order valence-corrected chi connectivity index (χ3v) is 4.91. The number of nitrogens with zero attached hydrogens (tertiary/aromatic N) is 1. The van der Waals surface area contributed by atoms with Crippen LogP contribution in [0.15, 0.2) is 24.3 Å². The largest absolute Gasteiger partial charge is 0.513 e. The van der Waals surface area contributed by atoms with Crippen LogP contribution in [0.5, 0.6) is 5.75 Å². The number of nitro benzene ring substituents is 1. The van der Waals surface area contributed by atoms with E-state index in [-0.39, 0.29) is 17.4 Å². The Bertz CT molecular complexity index is 710. The summed E-state index contributed by atoms with van der Waals surface area (Å²) in [5.74, 6) is 0.114. The minimum atomic E-state index is -0.796. The van der Waals surface area contributed by atoms with Crippen molar-refractivity contribution >= 4 is 17.8 Å². The van der Waals surface area contributed by atoms with Crippen LogP contribution in [0.1, 0.15) is 97.8 Å². The number of hydrogen-bond acceptors (Lipinski definition) is 7. The Morgan fingerprint density at radius 1 is 0.818 bits per heavy atom. The molecule has 8 heteroatoms. The maximum atomic E-state index is 11.6. The van der Waals surface area contributed by atoms with Crippen molar-refractivity contribution in [2.45, 2.75) is 103 Å². The average molecular weight is 466 g/mol. The molecule has 0 N–H and O–H groups in total. The highest BCUT2D eigenvalue weighted by Crippen LogP contribution is 2.18. The Hall–Kier alpha value is -2.64. The van der Waals surface area contributed by atoms with E-state index in [9.17, 15) is 19.7 Å². The Kier molecular flexibility index (Phi) is 13.8. The monoisotopic (exact) mass is 465 g/mol. The summed E-state index contributed by atoms with van der Waals surface area (Å²) in [4.78, 5) is 33.3. The van der Waals surface area contributed by atoms with E-state index in [1.165, 1.54) is 56.4 Å². The predicted molar refractivity (Wildman–Crippen MR) is 126 cm³/mol. The molecule has 0 spiro atoms. The molecule has 8 nitrogen and oxygen atoms in total. The van der Waals surface area contributed by atoms with E-state index in [0.717, 1.165) is 38.5 Å². The molecule has 0 aromatic heterocycles. The molecule has 0 bridgehead atoms. The number of unbranched alkanes of at least 4 members (excludes halogenated alkanes) is 10. The molecule has 0 heterocycles. The molecule has 186 valence electrons. The minimum absolute atomic E-state index is 0.0639. The second-order valence-electron chi connectivity index (χ2n) is 9.18. The van der Waals surface area contributed by atoms with Crippen LogP contribution in [0.2, 0.25) is 0 Å². The van der Waals surface area contributed by atoms with Crippen molar-refractivity contribution in [3.05, 3.63) is 34.4 Å². The number of non-ortho nitro benzene ring substituents is 1. The summed E-state index contributed by atoms with van der Waals surface area (Å²) in [6.45, 7) is 5.97. The summed E-state index contributed by atoms with van der Waals surface area (Å²) >= 11 is 0. The number of ether oxygens (including phenoxy) is 3. The molecule has 0 radical (unpaired) electrons. The molecule has 0 saturated heterocycles. The standard InChI is InChI=1S/C25H39NO7/c1-25(2,3)33-23(27)15-13-11-9-7-5-4-6-8-10-12-14-20-31-24(28)32-22-18-16-21(17-19-22)26(29)30/h16-19H,4-15,20H2,1-3H3. The number of carbonyl (C=O) groups excluding carboxylic acids is 2. The summed E-state index contributed by atoms with van der Waals surface area (Å²) in [7, 11) is 0. The van der Waals surface area contributed by atoms with Gasteiger partial charge in [0.2, 0.25) is 0 Å². The van der Waals surface area contributed by atoms with Gasteiger partial charge in [-0.05, 0) is 45.7 Å². The first kappa shape index (κ1) is 28.4. The van der Waals surface area contributed by atoms with Gasteiger partial charge < -0.3 is 14.2 Å². The summed E-state index contributed by atoms with van der Waals surface area (Å²) < 4.78 is 15.3. The van der Waals surface area contributed by atoms with Crippen LogP contribution in [-0.4, -0.2) is 29.3 Å². The van der Waals surface area contributed by atoms with Crippen molar-refractivity contribution < 1.29 is 28.7 Å². The number of carbonyl (C=O) groups is 2. The van der Waals surface area contributed by atoms with Gasteiger partial charge in [-0.25, -0.2) is 4.79 Å². The predicted octanol–water partition coefficient (Wildman–Crippen LogP) is 7.13. The zero-order chi connectivity index (χ0) is 24.5. The van der Waals surface area contributed by atoms with Crippen molar-refractivity contribution in [1.29, 1.82) is 0 Å². The Morgan fingerprint density at radius 3 is 1.79 bits per heavy atom. The van der Waals surface area contributed by atoms with Crippen molar-refractivity contribution in [2.24, 2.45) is 0 Å². The molecule has 0 unspecified atom stereocenters. The van der Waals surface area contributed by atoms with Gasteiger partial charge >= 0.3 is 12.1 Å². The molecule has 0 amide bonds. The molecule has 33 heavy (non-hydrogen) atoms. The molecule has 0 aliphatic rings. The molecule has 0 saturated carbocycles. The fourth-order valence-electron chi connectivity index (χ4n) is 3.27. The lowest BCUT2D eigenvalue weighted by Crippen LogP contribution is -2.23. The molecule has 1 aromatic rings. The second kappa shape index (κ2) is 16.0. The van der Waals surface area contributed by atoms with E-state index in [0.29, 0.717) is 13.0 Å². The molecule has 0 fully saturated rings. The van der Waals surface area contributed by atoms with Crippen LogP contribution in [0.25, 0.3) is 0 Å². The maximum absolute atomic E-state index is 11.6. The Balaban J connectivity index is 1.88. The molecular formula is C25H39NO7. The number of nitro groups is 1. The van der Waals surface area contributed by atoms with Gasteiger partial charge in [-0.3, -0.25) is 14.9 Å². The smallest absolute Gasteiger partial charge is 0.460 e. The number of benzene rings is 1. The summed E-state index contributed by atoms with van der Waals surface area (Å²) in [5, 5.41) is 10.6. The van der Waals surface area contributed by atoms with Crippen molar-refractivity contribution in [2.75, 3.05) is 6.61 Å². The van der Waals surface area contributed by atoms with Gasteiger partial charge in [-0.1, -0.05) is 57.8 Å². The van der Waals surface area contributed by atoms with Crippen molar-refractivity contribution in [1.82, 2.24) is 0 Å². The summed E-state index contributed by atoms with van der Waals surface area (Å²) in [6.07, 6.45) is 11.8. The number of esters is 1. The summed E-state index contributed by atoms with van der Waals surface area (Å²) in [5.41, 5.74) is -0.460. The van der Waals surface area contributed by atoms with Gasteiger partial charge in [0.1, 0.15) is 11.4 Å². The first-order valence-corrected chi connectivity index (χ1v) is 12.0. The van der Waals surface area contributed by atoms with Gasteiger partial charge in [-0.15, -0.1) is 0 Å². The van der Waals surface area contributed by atoms with E-state index in [1.54, 1.807) is 0 Å². The molecule has 0 atom stereocenters. The quantitative estimate of drug-likeness (QED) is 0.0840. The normalized spacial score (nSPS) is 11.1. The third kappa shape index (κ3) is 15.7. The highest BCUT2D eigenvalue weighted by Gasteiger charge is 2.15. The van der Waals surface area contributed by atoms with Gasteiger partial charge in [0, 0.05) is 18.6 Å². The van der Waals surface area contributed by atoms with E-state index >= 15 is 0 Å². The molecule has 0 aliphatic heterocycles. The highest BCUT2D eigenvalue weighted by molar-refractivity contribution is 5.69. The Labute approximate surface area is 197 Å². The van der Waals surface area contributed by atoms with Crippen molar-refractivity contribution in [3.63, 3.8) is 0 Å². The van der Waals surface area contributed by atoms with Crippen LogP contribution >= 0.6 is 0 Å². The zero-order valence-corrected chi connectivity index (χ0v) is 20.3. The lowest BCUT2D eigenvalue weighted by molar-refractivity contribution is -0.384. The van der Waals surface area contributed by atoms with Crippen LogP contribution in [0.4, 0.5) is 10.5 Å². The lowest BCUT2D eigenvalue weighted by Gasteiger charge is -2.19. The highest BCUT2D eigenvalue weighted by atomic mass is 16.7. The second-order valence-corrected chi connectivity index (χ2v) is 9.18. The number of rotatable bonds is 16. The first-order valence-electron chi connectivity index (χ1n) is 12.0. The third-order valence-electron chi connectivity index (χ3n) is 4.91. The van der Waals surface area contributed by atoms with Gasteiger partial charge in [0.15, 0.2) is 0 Å². The maximum Gasteiger partial charge on any atom is 0.513 e. The molecule has 1 aromatic carbocycles. The summed E-state index contributed by atoms with van der Waals surface area (Å²) in [6, 6.07) is 5.28. The van der Waals surface area contributed by atoms with Crippen LogP contribution in [-0.2, 0) is 14.3 Å². The minimum Gasteiger partial charge on any atom is -0.460 e. The van der Waals surface area contributed by atoms with Gasteiger partial charge in [0.25, 0.3) is 5.69 Å². The van der Waals surface area contributed by atoms with E-state index < -0.39 is 16.7 Å². The fourth-order valence-corrected chi connectivity index (χ4v) is 3.27. The average Bonchev–Trinajstić information content (AvgIpc) is 2.73. The molecule has 1 rings (SSSR count). The first-order chi connectivity index (χ1) is 15.7. The van der Waals surface area contributed by atoms with Crippen molar-refractivity contribution in [3.8, 4) is 5.75 Å². The zero-order valence-electron chi connectivity index (χ0n) is 20.3. The van der Waals surface area contributed by atoms with Crippen LogP contribution < -0.4 is 4.74 Å². The lowest BCUT2D eigenvalue weighted by atomic mass is 10.1. The Morgan fingerprint density at radius 2 is 1.30 bits per heavy atom.